The Kier molecular flexibility index (Phi) is 7.46. The first kappa shape index (κ1) is 24.6. The maximum atomic E-state index is 12.7. The van der Waals surface area contributed by atoms with E-state index in [0.717, 1.165) is 60.3 Å². The number of fused-ring (bicyclic) bond motifs is 1. The number of nitrogens with zero attached hydrogens (tertiary/aromatic N) is 2. The van der Waals surface area contributed by atoms with E-state index in [4.69, 9.17) is 23.7 Å². The largest absolute Gasteiger partial charge is 0.493 e. The summed E-state index contributed by atoms with van der Waals surface area (Å²) in [4.78, 5) is 15.0. The van der Waals surface area contributed by atoms with Gasteiger partial charge in [-0.1, -0.05) is 12.1 Å². The summed E-state index contributed by atoms with van der Waals surface area (Å²) in [5.41, 5.74) is 3.70. The van der Waals surface area contributed by atoms with Crippen LogP contribution in [-0.2, 0) is 21.3 Å². The van der Waals surface area contributed by atoms with Crippen molar-refractivity contribution < 1.29 is 23.7 Å². The van der Waals surface area contributed by atoms with Gasteiger partial charge in [-0.3, -0.25) is 4.79 Å². The van der Waals surface area contributed by atoms with Crippen LogP contribution < -0.4 is 19.9 Å². The van der Waals surface area contributed by atoms with Crippen molar-refractivity contribution in [3.63, 3.8) is 0 Å². The van der Waals surface area contributed by atoms with Crippen molar-refractivity contribution in [1.82, 2.24) is 4.57 Å². The Labute approximate surface area is 211 Å². The van der Waals surface area contributed by atoms with Crippen LogP contribution in [0.3, 0.4) is 0 Å². The molecule has 36 heavy (non-hydrogen) atoms. The average Bonchev–Trinajstić information content (AvgIpc) is 2.89. The van der Waals surface area contributed by atoms with Gasteiger partial charge in [0, 0.05) is 50.0 Å². The number of benzene rings is 2. The lowest BCUT2D eigenvalue weighted by atomic mass is 9.99. The predicted molar refractivity (Wildman–Crippen MR) is 139 cm³/mol. The molecular formula is C28H34N2O6. The number of hydrogen-bond donors (Lipinski definition) is 0. The van der Waals surface area contributed by atoms with Crippen LogP contribution in [0.2, 0.25) is 0 Å². The fourth-order valence-corrected chi connectivity index (χ4v) is 4.86. The molecule has 3 heterocycles. The molecule has 0 saturated carbocycles. The highest BCUT2D eigenvalue weighted by atomic mass is 16.7. The van der Waals surface area contributed by atoms with Crippen LogP contribution in [0.15, 0.2) is 47.3 Å². The van der Waals surface area contributed by atoms with Crippen LogP contribution >= 0.6 is 0 Å². The zero-order chi connectivity index (χ0) is 25.1. The number of anilines is 1. The zero-order valence-corrected chi connectivity index (χ0v) is 21.2. The molecule has 0 N–H and O–H groups in total. The molecule has 192 valence electrons. The Balaban J connectivity index is 1.23. The first-order chi connectivity index (χ1) is 17.6. The molecule has 3 aromatic rings. The second kappa shape index (κ2) is 10.9. The SMILES string of the molecule is COc1cc2c(-c3ccc(N4CC(OCCOC5CCCCO5)C4)cc3)cc(=O)n(C)c2cc1OC. The van der Waals surface area contributed by atoms with Gasteiger partial charge in [0.25, 0.3) is 5.56 Å². The quantitative estimate of drug-likeness (QED) is 0.417. The number of methoxy groups -OCH3 is 2. The molecule has 1 aromatic heterocycles. The molecule has 5 rings (SSSR count). The molecule has 8 nitrogen and oxygen atoms in total. The minimum absolute atomic E-state index is 0.0659. The topological polar surface area (TPSA) is 71.4 Å². The molecule has 2 aliphatic rings. The molecular weight excluding hydrogens is 460 g/mol. The zero-order valence-electron chi connectivity index (χ0n) is 21.2. The minimum Gasteiger partial charge on any atom is -0.493 e. The summed E-state index contributed by atoms with van der Waals surface area (Å²) in [5, 5.41) is 0.931. The molecule has 1 atom stereocenters. The number of ether oxygens (including phenoxy) is 5. The lowest BCUT2D eigenvalue weighted by Crippen LogP contribution is -2.52. The molecule has 0 radical (unpaired) electrons. The van der Waals surface area contributed by atoms with Gasteiger partial charge in [0.15, 0.2) is 17.8 Å². The Bertz CT molecular complexity index is 1240. The van der Waals surface area contributed by atoms with Crippen molar-refractivity contribution in [3.8, 4) is 22.6 Å². The second-order valence-corrected chi connectivity index (χ2v) is 9.29. The van der Waals surface area contributed by atoms with Gasteiger partial charge >= 0.3 is 0 Å². The van der Waals surface area contributed by atoms with Crippen LogP contribution in [0.5, 0.6) is 11.5 Å². The highest BCUT2D eigenvalue weighted by Gasteiger charge is 2.27. The molecule has 1 unspecified atom stereocenters. The third-order valence-corrected chi connectivity index (χ3v) is 7.02. The van der Waals surface area contributed by atoms with Crippen molar-refractivity contribution in [1.29, 1.82) is 0 Å². The second-order valence-electron chi connectivity index (χ2n) is 9.29. The first-order valence-corrected chi connectivity index (χ1v) is 12.5. The predicted octanol–water partition coefficient (Wildman–Crippen LogP) is 3.97. The van der Waals surface area contributed by atoms with Gasteiger partial charge in [0.2, 0.25) is 0 Å². The average molecular weight is 495 g/mol. The molecule has 2 aliphatic heterocycles. The highest BCUT2D eigenvalue weighted by molar-refractivity contribution is 5.96. The summed E-state index contributed by atoms with van der Waals surface area (Å²) in [6.45, 7) is 3.65. The van der Waals surface area contributed by atoms with E-state index in [1.807, 2.05) is 12.1 Å². The van der Waals surface area contributed by atoms with E-state index in [2.05, 4.69) is 29.2 Å². The number of hydrogen-bond acceptors (Lipinski definition) is 7. The van der Waals surface area contributed by atoms with Crippen LogP contribution in [0.1, 0.15) is 19.3 Å². The number of rotatable bonds is 9. The van der Waals surface area contributed by atoms with E-state index in [0.29, 0.717) is 24.7 Å². The maximum absolute atomic E-state index is 12.7. The lowest BCUT2D eigenvalue weighted by Gasteiger charge is -2.40. The fourth-order valence-electron chi connectivity index (χ4n) is 4.86. The van der Waals surface area contributed by atoms with Crippen molar-refractivity contribution in [2.24, 2.45) is 7.05 Å². The van der Waals surface area contributed by atoms with E-state index in [9.17, 15) is 4.79 Å². The fraction of sp³-hybridized carbons (Fsp3) is 0.464. The summed E-state index contributed by atoms with van der Waals surface area (Å²) in [6, 6.07) is 13.8. The van der Waals surface area contributed by atoms with Gasteiger partial charge in [-0.25, -0.2) is 0 Å². The van der Waals surface area contributed by atoms with E-state index < -0.39 is 0 Å². The minimum atomic E-state index is -0.0736. The van der Waals surface area contributed by atoms with Crippen LogP contribution in [0.4, 0.5) is 5.69 Å². The molecule has 0 amide bonds. The third kappa shape index (κ3) is 5.07. The van der Waals surface area contributed by atoms with E-state index in [-0.39, 0.29) is 18.0 Å². The van der Waals surface area contributed by atoms with Crippen molar-refractivity contribution in [2.75, 3.05) is 52.0 Å². The standard InChI is InChI=1S/C28H34N2O6/c1-29-24-16-26(33-3)25(32-2)14-23(24)22(15-27(29)31)19-7-9-20(10-8-19)30-17-21(18-30)34-12-13-36-28-6-4-5-11-35-28/h7-10,14-16,21,28H,4-6,11-13,17-18H2,1-3H3. The molecule has 2 fully saturated rings. The lowest BCUT2D eigenvalue weighted by molar-refractivity contribution is -0.171. The van der Waals surface area contributed by atoms with Gasteiger partial charge in [-0.15, -0.1) is 0 Å². The van der Waals surface area contributed by atoms with E-state index in [1.54, 1.807) is 31.9 Å². The maximum Gasteiger partial charge on any atom is 0.251 e. The summed E-state index contributed by atoms with van der Waals surface area (Å²) < 4.78 is 29.9. The molecule has 0 spiro atoms. The Hall–Kier alpha value is -3.07. The smallest absolute Gasteiger partial charge is 0.251 e. The van der Waals surface area contributed by atoms with E-state index in [1.165, 1.54) is 6.42 Å². The summed E-state index contributed by atoms with van der Waals surface area (Å²) in [5.74, 6) is 1.22. The Morgan fingerprint density at radius 1 is 0.944 bits per heavy atom. The highest BCUT2D eigenvalue weighted by Crippen LogP contribution is 2.36. The molecule has 2 aromatic carbocycles. The van der Waals surface area contributed by atoms with Crippen molar-refractivity contribution >= 4 is 16.6 Å². The summed E-state index contributed by atoms with van der Waals surface area (Å²) >= 11 is 0. The molecule has 2 saturated heterocycles. The van der Waals surface area contributed by atoms with Crippen molar-refractivity contribution in [2.45, 2.75) is 31.7 Å². The number of aromatic nitrogens is 1. The third-order valence-electron chi connectivity index (χ3n) is 7.02. The van der Waals surface area contributed by atoms with Crippen LogP contribution in [-0.4, -0.2) is 64.1 Å². The summed E-state index contributed by atoms with van der Waals surface area (Å²) in [6.07, 6.45) is 3.41. The van der Waals surface area contributed by atoms with Gasteiger partial charge < -0.3 is 33.2 Å². The van der Waals surface area contributed by atoms with Gasteiger partial charge in [-0.05, 0) is 48.6 Å². The number of pyridine rings is 1. The van der Waals surface area contributed by atoms with E-state index >= 15 is 0 Å². The van der Waals surface area contributed by atoms with Crippen LogP contribution in [0.25, 0.3) is 22.0 Å². The Morgan fingerprint density at radius 3 is 2.36 bits per heavy atom. The van der Waals surface area contributed by atoms with Gasteiger partial charge in [0.05, 0.1) is 39.1 Å². The van der Waals surface area contributed by atoms with Crippen LogP contribution in [0, 0.1) is 0 Å². The Morgan fingerprint density at radius 2 is 1.67 bits per heavy atom. The molecule has 0 bridgehead atoms. The van der Waals surface area contributed by atoms with Gasteiger partial charge in [-0.2, -0.15) is 0 Å². The summed E-state index contributed by atoms with van der Waals surface area (Å²) in [7, 11) is 4.97. The van der Waals surface area contributed by atoms with Gasteiger partial charge in [0.1, 0.15) is 0 Å². The normalized spacial score (nSPS) is 18.3. The molecule has 0 aliphatic carbocycles. The van der Waals surface area contributed by atoms with Crippen molar-refractivity contribution in [3.05, 3.63) is 52.8 Å². The number of aryl methyl sites for hydroxylation is 1. The monoisotopic (exact) mass is 494 g/mol. The first-order valence-electron chi connectivity index (χ1n) is 12.5. The molecule has 8 heteroatoms.